The van der Waals surface area contributed by atoms with Crippen LogP contribution in [0.4, 0.5) is 24.5 Å². The lowest BCUT2D eigenvalue weighted by atomic mass is 10.1. The van der Waals surface area contributed by atoms with Gasteiger partial charge in [-0.3, -0.25) is 14.4 Å². The van der Waals surface area contributed by atoms with Gasteiger partial charge in [-0.2, -0.15) is 13.2 Å². The lowest BCUT2D eigenvalue weighted by Gasteiger charge is -2.13. The number of rotatable bonds is 5. The van der Waals surface area contributed by atoms with Crippen molar-refractivity contribution in [3.05, 3.63) is 93.9 Å². The van der Waals surface area contributed by atoms with Crippen molar-refractivity contribution in [1.82, 2.24) is 4.57 Å². The Kier molecular flexibility index (Phi) is 6.24. The van der Waals surface area contributed by atoms with Crippen LogP contribution >= 0.6 is 0 Å². The number of benzene rings is 2. The number of aryl methyl sites for hydroxylation is 1. The van der Waals surface area contributed by atoms with E-state index in [4.69, 9.17) is 0 Å². The summed E-state index contributed by atoms with van der Waals surface area (Å²) in [5.74, 6) is -1.16. The maximum Gasteiger partial charge on any atom is 0.418 e. The highest BCUT2D eigenvalue weighted by atomic mass is 19.4. The molecule has 160 valence electrons. The number of anilines is 2. The molecule has 0 aliphatic heterocycles. The van der Waals surface area contributed by atoms with Crippen molar-refractivity contribution in [2.24, 2.45) is 0 Å². The maximum absolute atomic E-state index is 13.1. The number of nitrogens with one attached hydrogen (secondary N) is 2. The first-order chi connectivity index (χ1) is 14.6. The van der Waals surface area contributed by atoms with Crippen molar-refractivity contribution in [3.63, 3.8) is 0 Å². The van der Waals surface area contributed by atoms with Crippen molar-refractivity contribution in [3.8, 4) is 0 Å². The number of amides is 2. The van der Waals surface area contributed by atoms with Gasteiger partial charge in [-0.25, -0.2) is 0 Å². The molecule has 6 nitrogen and oxygen atoms in total. The van der Waals surface area contributed by atoms with Gasteiger partial charge in [0, 0.05) is 23.5 Å². The largest absolute Gasteiger partial charge is 0.418 e. The fraction of sp³-hybridized carbons (Fsp3) is 0.136. The Bertz CT molecular complexity index is 1170. The Balaban J connectivity index is 1.66. The molecule has 0 fully saturated rings. The summed E-state index contributed by atoms with van der Waals surface area (Å²) in [5.41, 5.74) is -0.288. The van der Waals surface area contributed by atoms with Crippen LogP contribution in [0.25, 0.3) is 0 Å². The van der Waals surface area contributed by atoms with E-state index in [0.717, 1.165) is 11.6 Å². The average Bonchev–Trinajstić information content (AvgIpc) is 2.71. The van der Waals surface area contributed by atoms with Crippen molar-refractivity contribution >= 4 is 23.2 Å². The van der Waals surface area contributed by atoms with E-state index in [9.17, 15) is 27.6 Å². The highest BCUT2D eigenvalue weighted by Gasteiger charge is 2.33. The lowest BCUT2D eigenvalue weighted by Crippen LogP contribution is -2.26. The number of hydrogen-bond acceptors (Lipinski definition) is 3. The van der Waals surface area contributed by atoms with Gasteiger partial charge in [-0.15, -0.1) is 0 Å². The zero-order valence-corrected chi connectivity index (χ0v) is 16.4. The van der Waals surface area contributed by atoms with Crippen molar-refractivity contribution in [2.45, 2.75) is 19.6 Å². The molecule has 3 aromatic rings. The average molecular weight is 429 g/mol. The fourth-order valence-corrected chi connectivity index (χ4v) is 2.87. The fourth-order valence-electron chi connectivity index (χ4n) is 2.87. The molecule has 0 bridgehead atoms. The van der Waals surface area contributed by atoms with Crippen LogP contribution in [0.3, 0.4) is 0 Å². The molecule has 31 heavy (non-hydrogen) atoms. The summed E-state index contributed by atoms with van der Waals surface area (Å²) in [7, 11) is 0. The molecule has 2 aromatic carbocycles. The molecular formula is C22H18F3N3O3. The molecule has 0 aliphatic carbocycles. The summed E-state index contributed by atoms with van der Waals surface area (Å²) in [4.78, 5) is 36.3. The third-order valence-electron chi connectivity index (χ3n) is 4.36. The number of pyridine rings is 1. The molecule has 0 radical (unpaired) electrons. The minimum absolute atomic E-state index is 0.116. The van der Waals surface area contributed by atoms with Gasteiger partial charge in [-0.05, 0) is 48.9 Å². The first kappa shape index (κ1) is 21.8. The van der Waals surface area contributed by atoms with Crippen LogP contribution in [0, 0.1) is 6.92 Å². The highest BCUT2D eigenvalue weighted by molar-refractivity contribution is 6.05. The summed E-state index contributed by atoms with van der Waals surface area (Å²) < 4.78 is 40.5. The predicted octanol–water partition coefficient (Wildman–Crippen LogP) is 4.07. The van der Waals surface area contributed by atoms with E-state index < -0.39 is 23.6 Å². The number of aromatic nitrogens is 1. The van der Waals surface area contributed by atoms with Gasteiger partial charge < -0.3 is 15.2 Å². The van der Waals surface area contributed by atoms with E-state index in [1.807, 2.05) is 0 Å². The van der Waals surface area contributed by atoms with E-state index in [-0.39, 0.29) is 23.4 Å². The Hall–Kier alpha value is -3.88. The van der Waals surface area contributed by atoms with Crippen LogP contribution < -0.4 is 16.2 Å². The molecule has 9 heteroatoms. The van der Waals surface area contributed by atoms with E-state index in [2.05, 4.69) is 10.6 Å². The summed E-state index contributed by atoms with van der Waals surface area (Å²) >= 11 is 0. The van der Waals surface area contributed by atoms with Gasteiger partial charge in [0.05, 0.1) is 11.3 Å². The molecule has 0 spiro atoms. The number of carbonyl (C=O) groups is 2. The number of para-hydroxylation sites is 1. The van der Waals surface area contributed by atoms with Crippen LogP contribution in [-0.4, -0.2) is 16.4 Å². The van der Waals surface area contributed by atoms with E-state index in [1.54, 1.807) is 19.2 Å². The van der Waals surface area contributed by atoms with Gasteiger partial charge >= 0.3 is 6.18 Å². The van der Waals surface area contributed by atoms with Gasteiger partial charge in [0.2, 0.25) is 5.91 Å². The van der Waals surface area contributed by atoms with Crippen molar-refractivity contribution in [2.75, 3.05) is 10.6 Å². The van der Waals surface area contributed by atoms with Crippen LogP contribution in [0.5, 0.6) is 0 Å². The van der Waals surface area contributed by atoms with Gasteiger partial charge in [0.25, 0.3) is 11.5 Å². The van der Waals surface area contributed by atoms with Crippen LogP contribution in [-0.2, 0) is 17.5 Å². The van der Waals surface area contributed by atoms with Crippen LogP contribution in [0.2, 0.25) is 0 Å². The first-order valence-electron chi connectivity index (χ1n) is 9.18. The minimum Gasteiger partial charge on any atom is -0.325 e. The maximum atomic E-state index is 13.1. The number of hydrogen-bond donors (Lipinski definition) is 2. The Morgan fingerprint density at radius 2 is 1.61 bits per heavy atom. The van der Waals surface area contributed by atoms with Crippen LogP contribution in [0.1, 0.15) is 21.5 Å². The zero-order chi connectivity index (χ0) is 22.6. The standard InChI is InChI=1S/C22H18F3N3O3/c1-14-6-11-20(30)28(12-14)13-19(29)26-16-9-7-15(8-10-16)21(31)27-18-5-3-2-4-17(18)22(23,24)25/h2-12H,13H2,1H3,(H,26,29)(H,27,31). The summed E-state index contributed by atoms with van der Waals surface area (Å²) in [6.07, 6.45) is -3.04. The predicted molar refractivity (Wildman–Crippen MR) is 110 cm³/mol. The van der Waals surface area contributed by atoms with Crippen molar-refractivity contribution in [1.29, 1.82) is 0 Å². The molecule has 0 saturated carbocycles. The zero-order valence-electron chi connectivity index (χ0n) is 16.4. The second kappa shape index (κ2) is 8.86. The number of carbonyl (C=O) groups excluding carboxylic acids is 2. The SMILES string of the molecule is Cc1ccc(=O)n(CC(=O)Nc2ccc(C(=O)Nc3ccccc3C(F)(F)F)cc2)c1. The third-order valence-corrected chi connectivity index (χ3v) is 4.36. The van der Waals surface area contributed by atoms with E-state index in [0.29, 0.717) is 5.69 Å². The highest BCUT2D eigenvalue weighted by Crippen LogP contribution is 2.34. The molecular weight excluding hydrogens is 411 g/mol. The molecule has 3 rings (SSSR count). The Labute approximate surface area is 175 Å². The van der Waals surface area contributed by atoms with Gasteiger partial charge in [0.15, 0.2) is 0 Å². The summed E-state index contributed by atoms with van der Waals surface area (Å²) in [6.45, 7) is 1.61. The summed E-state index contributed by atoms with van der Waals surface area (Å²) in [5, 5.41) is 4.86. The lowest BCUT2D eigenvalue weighted by molar-refractivity contribution is -0.136. The molecule has 2 amide bonds. The van der Waals surface area contributed by atoms with E-state index >= 15 is 0 Å². The second-order valence-corrected chi connectivity index (χ2v) is 6.80. The quantitative estimate of drug-likeness (QED) is 0.642. The molecule has 1 heterocycles. The topological polar surface area (TPSA) is 80.2 Å². The first-order valence-corrected chi connectivity index (χ1v) is 9.18. The molecule has 0 atom stereocenters. The van der Waals surface area contributed by atoms with Crippen LogP contribution in [0.15, 0.2) is 71.7 Å². The Morgan fingerprint density at radius 1 is 0.935 bits per heavy atom. The third kappa shape index (κ3) is 5.59. The van der Waals surface area contributed by atoms with Crippen molar-refractivity contribution < 1.29 is 22.8 Å². The summed E-state index contributed by atoms with van der Waals surface area (Å²) in [6, 6.07) is 13.3. The normalized spacial score (nSPS) is 11.1. The van der Waals surface area contributed by atoms with Gasteiger partial charge in [-0.1, -0.05) is 18.2 Å². The molecule has 0 saturated heterocycles. The molecule has 2 N–H and O–H groups in total. The van der Waals surface area contributed by atoms with Gasteiger partial charge in [0.1, 0.15) is 6.54 Å². The molecule has 0 aliphatic rings. The molecule has 0 unspecified atom stereocenters. The Morgan fingerprint density at radius 3 is 2.29 bits per heavy atom. The smallest absolute Gasteiger partial charge is 0.325 e. The van der Waals surface area contributed by atoms with E-state index in [1.165, 1.54) is 53.1 Å². The second-order valence-electron chi connectivity index (χ2n) is 6.80. The number of halogens is 3. The monoisotopic (exact) mass is 429 g/mol. The molecule has 1 aromatic heterocycles. The number of nitrogens with zero attached hydrogens (tertiary/aromatic N) is 1. The number of alkyl halides is 3. The minimum atomic E-state index is -4.60.